The average Bonchev–Trinajstić information content (AvgIpc) is 2.14. The summed E-state index contributed by atoms with van der Waals surface area (Å²) in [5.41, 5.74) is 5.98. The minimum absolute atomic E-state index is 0.191. The third kappa shape index (κ3) is 3.78. The van der Waals surface area contributed by atoms with Gasteiger partial charge < -0.3 is 5.73 Å². The van der Waals surface area contributed by atoms with Crippen LogP contribution in [0.2, 0.25) is 0 Å². The van der Waals surface area contributed by atoms with E-state index in [1.54, 1.807) is 11.8 Å². The molecule has 0 aliphatic rings. The molecule has 1 aromatic heterocycles. The predicted molar refractivity (Wildman–Crippen MR) is 70.1 cm³/mol. The summed E-state index contributed by atoms with van der Waals surface area (Å²) >= 11 is 5.24. The van der Waals surface area contributed by atoms with Gasteiger partial charge in [0.1, 0.15) is 5.03 Å². The molecule has 0 fully saturated rings. The van der Waals surface area contributed by atoms with Crippen molar-refractivity contribution in [2.45, 2.75) is 31.0 Å². The molecule has 2 nitrogen and oxygen atoms in total. The molecule has 0 spiro atoms. The standard InChI is InChI=1S/C11H17BrN2S/c1-11(2,3)9(7-13)15-10-8(12)5-4-6-14-10/h4-6,9H,7,13H2,1-3H3. The Morgan fingerprint density at radius 3 is 2.67 bits per heavy atom. The summed E-state index contributed by atoms with van der Waals surface area (Å²) in [6, 6.07) is 3.92. The van der Waals surface area contributed by atoms with Crippen molar-refractivity contribution >= 4 is 27.7 Å². The van der Waals surface area contributed by atoms with Crippen molar-refractivity contribution in [3.63, 3.8) is 0 Å². The smallest absolute Gasteiger partial charge is 0.110 e. The minimum Gasteiger partial charge on any atom is -0.329 e. The highest BCUT2D eigenvalue weighted by Gasteiger charge is 2.25. The molecular weight excluding hydrogens is 272 g/mol. The third-order valence-electron chi connectivity index (χ3n) is 2.16. The SMILES string of the molecule is CC(C)(C)C(CN)Sc1ncccc1Br. The lowest BCUT2D eigenvalue weighted by Crippen LogP contribution is -2.30. The second kappa shape index (κ2) is 5.32. The highest BCUT2D eigenvalue weighted by Crippen LogP contribution is 2.36. The largest absolute Gasteiger partial charge is 0.329 e. The maximum Gasteiger partial charge on any atom is 0.110 e. The molecule has 0 saturated heterocycles. The molecule has 0 aliphatic heterocycles. The van der Waals surface area contributed by atoms with Gasteiger partial charge in [-0.05, 0) is 33.5 Å². The van der Waals surface area contributed by atoms with Gasteiger partial charge in [0.25, 0.3) is 0 Å². The molecule has 0 aromatic carbocycles. The molecule has 0 radical (unpaired) electrons. The Hall–Kier alpha value is -0.0600. The van der Waals surface area contributed by atoms with Gasteiger partial charge >= 0.3 is 0 Å². The van der Waals surface area contributed by atoms with Crippen molar-refractivity contribution in [2.75, 3.05) is 6.54 Å². The van der Waals surface area contributed by atoms with Crippen LogP contribution >= 0.6 is 27.7 Å². The monoisotopic (exact) mass is 288 g/mol. The first kappa shape index (κ1) is 13.0. The van der Waals surface area contributed by atoms with Crippen molar-refractivity contribution in [3.8, 4) is 0 Å². The first-order chi connectivity index (χ1) is 6.95. The topological polar surface area (TPSA) is 38.9 Å². The number of halogens is 1. The highest BCUT2D eigenvalue weighted by molar-refractivity contribution is 9.10. The Morgan fingerprint density at radius 2 is 2.20 bits per heavy atom. The van der Waals surface area contributed by atoms with Crippen LogP contribution in [-0.2, 0) is 0 Å². The first-order valence-electron chi connectivity index (χ1n) is 4.92. The molecule has 0 aliphatic carbocycles. The molecule has 2 N–H and O–H groups in total. The van der Waals surface area contributed by atoms with E-state index in [0.29, 0.717) is 11.8 Å². The normalized spacial score (nSPS) is 13.9. The molecule has 1 aromatic rings. The van der Waals surface area contributed by atoms with Crippen molar-refractivity contribution in [1.82, 2.24) is 4.98 Å². The van der Waals surface area contributed by atoms with E-state index in [0.717, 1.165) is 9.50 Å². The lowest BCUT2D eigenvalue weighted by atomic mass is 9.92. The van der Waals surface area contributed by atoms with Crippen molar-refractivity contribution in [1.29, 1.82) is 0 Å². The average molecular weight is 289 g/mol. The molecule has 84 valence electrons. The van der Waals surface area contributed by atoms with Crippen LogP contribution in [0.25, 0.3) is 0 Å². The van der Waals surface area contributed by atoms with Gasteiger partial charge in [-0.25, -0.2) is 4.98 Å². The minimum atomic E-state index is 0.191. The van der Waals surface area contributed by atoms with E-state index in [9.17, 15) is 0 Å². The van der Waals surface area contributed by atoms with Crippen LogP contribution in [0.5, 0.6) is 0 Å². The fourth-order valence-electron chi connectivity index (χ4n) is 1.17. The van der Waals surface area contributed by atoms with Gasteiger partial charge in [-0.3, -0.25) is 0 Å². The van der Waals surface area contributed by atoms with Crippen LogP contribution in [0.4, 0.5) is 0 Å². The van der Waals surface area contributed by atoms with Crippen molar-refractivity contribution < 1.29 is 0 Å². The summed E-state index contributed by atoms with van der Waals surface area (Å²) in [5.74, 6) is 0. The number of hydrogen-bond acceptors (Lipinski definition) is 3. The van der Waals surface area contributed by atoms with Crippen LogP contribution in [-0.4, -0.2) is 16.8 Å². The van der Waals surface area contributed by atoms with E-state index in [-0.39, 0.29) is 5.41 Å². The number of pyridine rings is 1. The Labute approximate surface area is 104 Å². The quantitative estimate of drug-likeness (QED) is 0.868. The van der Waals surface area contributed by atoms with Gasteiger partial charge in [-0.15, -0.1) is 11.8 Å². The molecule has 15 heavy (non-hydrogen) atoms. The lowest BCUT2D eigenvalue weighted by Gasteiger charge is -2.28. The number of nitrogens with two attached hydrogens (primary N) is 1. The molecule has 1 unspecified atom stereocenters. The van der Waals surface area contributed by atoms with E-state index in [1.165, 1.54) is 0 Å². The van der Waals surface area contributed by atoms with Gasteiger partial charge in [-0.1, -0.05) is 20.8 Å². The van der Waals surface area contributed by atoms with E-state index < -0.39 is 0 Å². The Bertz CT molecular complexity index is 323. The molecule has 0 bridgehead atoms. The lowest BCUT2D eigenvalue weighted by molar-refractivity contribution is 0.398. The van der Waals surface area contributed by atoms with Crippen LogP contribution in [0, 0.1) is 5.41 Å². The molecule has 0 saturated carbocycles. The molecule has 1 atom stereocenters. The number of aromatic nitrogens is 1. The summed E-state index contributed by atoms with van der Waals surface area (Å²) in [6.07, 6.45) is 1.81. The Kier molecular flexibility index (Phi) is 4.62. The van der Waals surface area contributed by atoms with Crippen LogP contribution < -0.4 is 5.73 Å². The van der Waals surface area contributed by atoms with E-state index in [2.05, 4.69) is 41.7 Å². The van der Waals surface area contributed by atoms with Gasteiger partial charge in [-0.2, -0.15) is 0 Å². The number of thioether (sulfide) groups is 1. The highest BCUT2D eigenvalue weighted by atomic mass is 79.9. The Morgan fingerprint density at radius 1 is 1.53 bits per heavy atom. The van der Waals surface area contributed by atoms with Crippen LogP contribution in [0.15, 0.2) is 27.8 Å². The van der Waals surface area contributed by atoms with Crippen LogP contribution in [0.3, 0.4) is 0 Å². The van der Waals surface area contributed by atoms with E-state index >= 15 is 0 Å². The van der Waals surface area contributed by atoms with Gasteiger partial charge in [0.2, 0.25) is 0 Å². The van der Waals surface area contributed by atoms with Crippen molar-refractivity contribution in [2.24, 2.45) is 11.1 Å². The number of hydrogen-bond donors (Lipinski definition) is 1. The van der Waals surface area contributed by atoms with Gasteiger partial charge in [0, 0.05) is 22.5 Å². The number of rotatable bonds is 3. The fourth-order valence-corrected chi connectivity index (χ4v) is 2.73. The zero-order valence-electron chi connectivity index (χ0n) is 9.33. The summed E-state index contributed by atoms with van der Waals surface area (Å²) < 4.78 is 1.04. The summed E-state index contributed by atoms with van der Waals surface area (Å²) in [4.78, 5) is 4.34. The zero-order chi connectivity index (χ0) is 11.5. The third-order valence-corrected chi connectivity index (χ3v) is 4.79. The Balaban J connectivity index is 2.80. The summed E-state index contributed by atoms with van der Waals surface area (Å²) in [5, 5.41) is 1.39. The van der Waals surface area contributed by atoms with Gasteiger partial charge in [0.15, 0.2) is 0 Å². The second-order valence-electron chi connectivity index (χ2n) is 4.50. The second-order valence-corrected chi connectivity index (χ2v) is 6.54. The maximum atomic E-state index is 5.79. The van der Waals surface area contributed by atoms with Crippen molar-refractivity contribution in [3.05, 3.63) is 22.8 Å². The molecule has 1 heterocycles. The molecule has 0 amide bonds. The maximum absolute atomic E-state index is 5.79. The van der Waals surface area contributed by atoms with Crippen LogP contribution in [0.1, 0.15) is 20.8 Å². The molecule has 1 rings (SSSR count). The number of nitrogens with zero attached hydrogens (tertiary/aromatic N) is 1. The van der Waals surface area contributed by atoms with E-state index in [1.807, 2.05) is 18.3 Å². The fraction of sp³-hybridized carbons (Fsp3) is 0.545. The zero-order valence-corrected chi connectivity index (χ0v) is 11.7. The molecule has 4 heteroatoms. The molecular formula is C11H17BrN2S. The summed E-state index contributed by atoms with van der Waals surface area (Å²) in [7, 11) is 0. The van der Waals surface area contributed by atoms with E-state index in [4.69, 9.17) is 5.73 Å². The summed E-state index contributed by atoms with van der Waals surface area (Å²) in [6.45, 7) is 7.27. The van der Waals surface area contributed by atoms with Gasteiger partial charge in [0.05, 0.1) is 0 Å². The first-order valence-corrected chi connectivity index (χ1v) is 6.59. The predicted octanol–water partition coefficient (Wildman–Crippen LogP) is 3.31.